The van der Waals surface area contributed by atoms with Crippen LogP contribution in [0.1, 0.15) is 34.1 Å². The highest BCUT2D eigenvalue weighted by Crippen LogP contribution is 2.11. The molecule has 0 aliphatic carbocycles. The highest BCUT2D eigenvalue weighted by atomic mass is 16.5. The number of hydrogen-bond donors (Lipinski definition) is 3. The van der Waals surface area contributed by atoms with Crippen molar-refractivity contribution in [3.8, 4) is 0 Å². The second-order valence-corrected chi connectivity index (χ2v) is 5.00. The Bertz CT molecular complexity index is 175. The number of ether oxygens (including phenoxy) is 1. The maximum absolute atomic E-state index is 9.94. The van der Waals surface area contributed by atoms with E-state index in [0.29, 0.717) is 19.6 Å². The molecular formula is C11H25NO3. The monoisotopic (exact) mass is 219 g/mol. The lowest BCUT2D eigenvalue weighted by Gasteiger charge is -2.31. The third-order valence-electron chi connectivity index (χ3n) is 2.69. The third kappa shape index (κ3) is 6.84. The second-order valence-electron chi connectivity index (χ2n) is 5.00. The van der Waals surface area contributed by atoms with Crippen LogP contribution in [-0.2, 0) is 4.74 Å². The van der Waals surface area contributed by atoms with Crippen molar-refractivity contribution in [1.29, 1.82) is 0 Å². The van der Waals surface area contributed by atoms with Crippen LogP contribution in [0.25, 0.3) is 0 Å². The number of rotatable bonds is 7. The summed E-state index contributed by atoms with van der Waals surface area (Å²) in [4.78, 5) is 0. The summed E-state index contributed by atoms with van der Waals surface area (Å²) in [6.07, 6.45) is 0.578. The minimum absolute atomic E-state index is 0.0634. The van der Waals surface area contributed by atoms with Gasteiger partial charge in [0.25, 0.3) is 0 Å². The van der Waals surface area contributed by atoms with Crippen molar-refractivity contribution in [1.82, 2.24) is 5.32 Å². The highest BCUT2D eigenvalue weighted by molar-refractivity contribution is 4.83. The summed E-state index contributed by atoms with van der Waals surface area (Å²) in [6, 6.07) is -0.0634. The molecule has 0 amide bonds. The molecule has 0 rings (SSSR count). The molecule has 0 fully saturated rings. The van der Waals surface area contributed by atoms with E-state index >= 15 is 0 Å². The van der Waals surface area contributed by atoms with Gasteiger partial charge in [0.15, 0.2) is 0 Å². The maximum atomic E-state index is 9.94. The van der Waals surface area contributed by atoms with Crippen LogP contribution in [0, 0.1) is 0 Å². The zero-order valence-corrected chi connectivity index (χ0v) is 10.5. The predicted octanol–water partition coefficient (Wildman–Crippen LogP) is 0.523. The van der Waals surface area contributed by atoms with Crippen LogP contribution in [0.3, 0.4) is 0 Å². The zero-order valence-electron chi connectivity index (χ0n) is 10.5. The molecule has 4 nitrogen and oxygen atoms in total. The van der Waals surface area contributed by atoms with Crippen molar-refractivity contribution < 1.29 is 14.9 Å². The molecule has 0 aliphatic heterocycles. The highest BCUT2D eigenvalue weighted by Gasteiger charge is 2.26. The summed E-state index contributed by atoms with van der Waals surface area (Å²) in [6.45, 7) is 8.12. The fourth-order valence-corrected chi connectivity index (χ4v) is 1.03. The van der Waals surface area contributed by atoms with Crippen LogP contribution in [0.15, 0.2) is 0 Å². The maximum Gasteiger partial charge on any atom is 0.0765 e. The van der Waals surface area contributed by atoms with Gasteiger partial charge >= 0.3 is 0 Å². The number of methoxy groups -OCH3 is 1. The molecule has 0 aromatic carbocycles. The Morgan fingerprint density at radius 1 is 1.27 bits per heavy atom. The van der Waals surface area contributed by atoms with Gasteiger partial charge in [0.2, 0.25) is 0 Å². The van der Waals surface area contributed by atoms with E-state index in [-0.39, 0.29) is 6.04 Å². The van der Waals surface area contributed by atoms with E-state index in [4.69, 9.17) is 4.74 Å². The van der Waals surface area contributed by atoms with E-state index in [1.807, 2.05) is 6.92 Å². The van der Waals surface area contributed by atoms with Crippen LogP contribution < -0.4 is 5.32 Å². The molecule has 0 aliphatic rings. The van der Waals surface area contributed by atoms with Crippen molar-refractivity contribution in [3.63, 3.8) is 0 Å². The summed E-state index contributed by atoms with van der Waals surface area (Å²) in [5.74, 6) is 0. The quantitative estimate of drug-likeness (QED) is 0.584. The third-order valence-corrected chi connectivity index (χ3v) is 2.69. The first kappa shape index (κ1) is 14.8. The Hall–Kier alpha value is -0.160. The molecule has 0 aromatic heterocycles. The molecule has 0 radical (unpaired) electrons. The molecule has 0 saturated carbocycles. The molecule has 3 N–H and O–H groups in total. The minimum Gasteiger partial charge on any atom is -0.389 e. The van der Waals surface area contributed by atoms with Crippen molar-refractivity contribution in [2.75, 3.05) is 20.3 Å². The van der Waals surface area contributed by atoms with Gasteiger partial charge < -0.3 is 20.3 Å². The Kier molecular flexibility index (Phi) is 5.73. The fourth-order valence-electron chi connectivity index (χ4n) is 1.03. The summed E-state index contributed by atoms with van der Waals surface area (Å²) < 4.78 is 4.91. The van der Waals surface area contributed by atoms with E-state index in [0.717, 1.165) is 0 Å². The van der Waals surface area contributed by atoms with Gasteiger partial charge in [-0.2, -0.15) is 0 Å². The van der Waals surface area contributed by atoms with Gasteiger partial charge in [-0.25, -0.2) is 0 Å². The molecule has 15 heavy (non-hydrogen) atoms. The van der Waals surface area contributed by atoms with Crippen LogP contribution >= 0.6 is 0 Å². The first-order chi connectivity index (χ1) is 6.69. The van der Waals surface area contributed by atoms with E-state index in [2.05, 4.69) is 5.32 Å². The molecule has 2 unspecified atom stereocenters. The fraction of sp³-hybridized carbons (Fsp3) is 1.00. The van der Waals surface area contributed by atoms with Crippen LogP contribution in [0.2, 0.25) is 0 Å². The standard InChI is InChI=1S/C11H25NO3/c1-9(10(2,3)13)12-8-11(4,14)6-7-15-5/h9,12-14H,6-8H2,1-5H3. The Morgan fingerprint density at radius 3 is 2.20 bits per heavy atom. The molecular weight excluding hydrogens is 194 g/mol. The van der Waals surface area contributed by atoms with E-state index in [1.54, 1.807) is 27.9 Å². The normalized spacial score (nSPS) is 18.6. The SMILES string of the molecule is COCCC(C)(O)CNC(C)C(C)(C)O. The molecule has 0 heterocycles. The van der Waals surface area contributed by atoms with Gasteiger partial charge in [-0.1, -0.05) is 0 Å². The summed E-state index contributed by atoms with van der Waals surface area (Å²) in [5, 5.41) is 22.7. The van der Waals surface area contributed by atoms with E-state index < -0.39 is 11.2 Å². The van der Waals surface area contributed by atoms with Gasteiger partial charge in [-0.15, -0.1) is 0 Å². The topological polar surface area (TPSA) is 61.7 Å². The smallest absolute Gasteiger partial charge is 0.0765 e. The van der Waals surface area contributed by atoms with Gasteiger partial charge in [0, 0.05) is 32.7 Å². The average molecular weight is 219 g/mol. The van der Waals surface area contributed by atoms with Crippen LogP contribution in [0.4, 0.5) is 0 Å². The molecule has 0 bridgehead atoms. The Labute approximate surface area is 92.6 Å². The van der Waals surface area contributed by atoms with Gasteiger partial charge in [-0.3, -0.25) is 0 Å². The molecule has 92 valence electrons. The first-order valence-corrected chi connectivity index (χ1v) is 5.36. The van der Waals surface area contributed by atoms with Gasteiger partial charge in [0.1, 0.15) is 0 Å². The summed E-state index contributed by atoms with van der Waals surface area (Å²) in [5.41, 5.74) is -1.58. The van der Waals surface area contributed by atoms with Crippen LogP contribution in [0.5, 0.6) is 0 Å². The number of hydrogen-bond acceptors (Lipinski definition) is 4. The van der Waals surface area contributed by atoms with Crippen molar-refractivity contribution >= 4 is 0 Å². The van der Waals surface area contributed by atoms with Crippen molar-refractivity contribution in [2.45, 2.75) is 51.4 Å². The Balaban J connectivity index is 3.92. The molecule has 0 aromatic rings. The van der Waals surface area contributed by atoms with E-state index in [1.165, 1.54) is 0 Å². The lowest BCUT2D eigenvalue weighted by atomic mass is 9.98. The van der Waals surface area contributed by atoms with Gasteiger partial charge in [-0.05, 0) is 27.7 Å². The Morgan fingerprint density at radius 2 is 1.80 bits per heavy atom. The molecule has 0 saturated heterocycles. The van der Waals surface area contributed by atoms with Crippen molar-refractivity contribution in [2.24, 2.45) is 0 Å². The molecule has 2 atom stereocenters. The van der Waals surface area contributed by atoms with Crippen molar-refractivity contribution in [3.05, 3.63) is 0 Å². The molecule has 0 spiro atoms. The largest absolute Gasteiger partial charge is 0.389 e. The number of nitrogens with one attached hydrogen (secondary N) is 1. The molecule has 4 heteroatoms. The lowest BCUT2D eigenvalue weighted by Crippen LogP contribution is -2.50. The predicted molar refractivity (Wildman–Crippen MR) is 60.9 cm³/mol. The lowest BCUT2D eigenvalue weighted by molar-refractivity contribution is 0.00386. The average Bonchev–Trinajstić information content (AvgIpc) is 2.09. The second kappa shape index (κ2) is 5.80. The van der Waals surface area contributed by atoms with E-state index in [9.17, 15) is 10.2 Å². The van der Waals surface area contributed by atoms with Gasteiger partial charge in [0.05, 0.1) is 11.2 Å². The summed E-state index contributed by atoms with van der Waals surface area (Å²) in [7, 11) is 1.61. The summed E-state index contributed by atoms with van der Waals surface area (Å²) >= 11 is 0. The minimum atomic E-state index is -0.796. The van der Waals surface area contributed by atoms with Crippen LogP contribution in [-0.4, -0.2) is 47.7 Å². The zero-order chi connectivity index (χ0) is 12.1. The number of aliphatic hydroxyl groups is 2. The first-order valence-electron chi connectivity index (χ1n) is 5.36.